The summed E-state index contributed by atoms with van der Waals surface area (Å²) in [5.74, 6) is -0.870. The fraction of sp³-hybridized carbons (Fsp3) is 0.600. The molecule has 3 aliphatic rings. The molecule has 8 heteroatoms. The highest BCUT2D eigenvalue weighted by Gasteiger charge is 2.51. The second kappa shape index (κ2) is 6.64. The first-order chi connectivity index (χ1) is 11.0. The number of nitrogens with zero attached hydrogens (tertiary/aromatic N) is 2. The Labute approximate surface area is 138 Å². The number of carboxylic acids is 1. The first-order valence-electron chi connectivity index (χ1n) is 7.72. The monoisotopic (exact) mass is 339 g/mol. The lowest BCUT2D eigenvalue weighted by Gasteiger charge is -2.47. The van der Waals surface area contributed by atoms with Crippen molar-refractivity contribution in [3.05, 3.63) is 23.4 Å². The SMILES string of the molecule is N[C@@H]1C(=O)N2C(C(=O)O)=C(/C=C/CN3CCC(O)CC3)CS[C@H]12. The number of β-lactam (4-membered cyclic amide) rings is 1. The predicted molar refractivity (Wildman–Crippen MR) is 86.6 cm³/mol. The second-order valence-corrected chi connectivity index (χ2v) is 7.15. The minimum Gasteiger partial charge on any atom is -0.477 e. The van der Waals surface area contributed by atoms with Gasteiger partial charge in [0.15, 0.2) is 0 Å². The number of amides is 1. The van der Waals surface area contributed by atoms with Crippen molar-refractivity contribution < 1.29 is 19.8 Å². The highest BCUT2D eigenvalue weighted by Crippen LogP contribution is 2.39. The molecule has 0 bridgehead atoms. The zero-order valence-corrected chi connectivity index (χ0v) is 13.5. The van der Waals surface area contributed by atoms with Gasteiger partial charge in [-0.05, 0) is 18.4 Å². The third-order valence-electron chi connectivity index (χ3n) is 4.48. The van der Waals surface area contributed by atoms with Gasteiger partial charge in [-0.15, -0.1) is 11.8 Å². The van der Waals surface area contributed by atoms with Crippen molar-refractivity contribution in [3.8, 4) is 0 Å². The number of piperidine rings is 1. The topological polar surface area (TPSA) is 107 Å². The summed E-state index contributed by atoms with van der Waals surface area (Å²) >= 11 is 1.50. The summed E-state index contributed by atoms with van der Waals surface area (Å²) in [4.78, 5) is 26.9. The van der Waals surface area contributed by atoms with Crippen LogP contribution in [0.25, 0.3) is 0 Å². The summed E-state index contributed by atoms with van der Waals surface area (Å²) in [5, 5.41) is 18.7. The molecule has 0 radical (unpaired) electrons. The molecule has 0 aromatic rings. The number of carbonyl (C=O) groups is 2. The summed E-state index contributed by atoms with van der Waals surface area (Å²) < 4.78 is 0. The lowest BCUT2D eigenvalue weighted by Crippen LogP contribution is -2.68. The molecule has 7 nitrogen and oxygen atoms in total. The maximum Gasteiger partial charge on any atom is 0.352 e. The van der Waals surface area contributed by atoms with Crippen LogP contribution in [0.5, 0.6) is 0 Å². The van der Waals surface area contributed by atoms with E-state index < -0.39 is 12.0 Å². The molecule has 1 amide bonds. The molecule has 3 heterocycles. The van der Waals surface area contributed by atoms with Gasteiger partial charge in [-0.1, -0.05) is 12.2 Å². The van der Waals surface area contributed by atoms with Crippen LogP contribution in [0.2, 0.25) is 0 Å². The van der Waals surface area contributed by atoms with Crippen molar-refractivity contribution in [2.75, 3.05) is 25.4 Å². The Morgan fingerprint density at radius 2 is 2.09 bits per heavy atom. The molecule has 0 saturated carbocycles. The van der Waals surface area contributed by atoms with Crippen LogP contribution in [-0.2, 0) is 9.59 Å². The minimum absolute atomic E-state index is 0.0609. The molecule has 0 unspecified atom stereocenters. The van der Waals surface area contributed by atoms with Gasteiger partial charge in [-0.25, -0.2) is 4.79 Å². The van der Waals surface area contributed by atoms with Crippen molar-refractivity contribution in [3.63, 3.8) is 0 Å². The summed E-state index contributed by atoms with van der Waals surface area (Å²) in [7, 11) is 0. The third kappa shape index (κ3) is 3.16. The molecule has 4 N–H and O–H groups in total. The average Bonchev–Trinajstić information content (AvgIpc) is 2.55. The van der Waals surface area contributed by atoms with Crippen LogP contribution in [0.1, 0.15) is 12.8 Å². The largest absolute Gasteiger partial charge is 0.477 e. The zero-order chi connectivity index (χ0) is 16.6. The van der Waals surface area contributed by atoms with E-state index in [0.29, 0.717) is 17.9 Å². The lowest BCUT2D eigenvalue weighted by molar-refractivity contribution is -0.147. The number of thioether (sulfide) groups is 1. The fourth-order valence-electron chi connectivity index (χ4n) is 3.11. The Morgan fingerprint density at radius 1 is 1.39 bits per heavy atom. The lowest BCUT2D eigenvalue weighted by atomic mass is 10.0. The van der Waals surface area contributed by atoms with E-state index in [1.54, 1.807) is 6.08 Å². The van der Waals surface area contributed by atoms with E-state index in [-0.39, 0.29) is 23.1 Å². The van der Waals surface area contributed by atoms with E-state index in [1.807, 2.05) is 6.08 Å². The predicted octanol–water partition coefficient (Wildman–Crippen LogP) is -0.420. The number of hydrogen-bond acceptors (Lipinski definition) is 6. The number of carbonyl (C=O) groups excluding carboxylic acids is 1. The van der Waals surface area contributed by atoms with Gasteiger partial charge < -0.3 is 15.9 Å². The zero-order valence-electron chi connectivity index (χ0n) is 12.7. The number of aliphatic hydroxyl groups excluding tert-OH is 1. The summed E-state index contributed by atoms with van der Waals surface area (Å²) in [6.45, 7) is 2.39. The van der Waals surface area contributed by atoms with Crippen molar-refractivity contribution in [2.24, 2.45) is 5.73 Å². The van der Waals surface area contributed by atoms with Gasteiger partial charge in [0, 0.05) is 25.4 Å². The van der Waals surface area contributed by atoms with E-state index in [4.69, 9.17) is 5.73 Å². The Bertz CT molecular complexity index is 569. The summed E-state index contributed by atoms with van der Waals surface area (Å²) in [6, 6.07) is -0.598. The van der Waals surface area contributed by atoms with Crippen molar-refractivity contribution >= 4 is 23.6 Å². The summed E-state index contributed by atoms with van der Waals surface area (Å²) in [6.07, 6.45) is 5.07. The first kappa shape index (κ1) is 16.5. The first-order valence-corrected chi connectivity index (χ1v) is 8.77. The highest BCUT2D eigenvalue weighted by atomic mass is 32.2. The van der Waals surface area contributed by atoms with E-state index in [9.17, 15) is 19.8 Å². The number of likely N-dealkylation sites (tertiary alicyclic amines) is 1. The number of hydrogen-bond donors (Lipinski definition) is 3. The van der Waals surface area contributed by atoms with Crippen LogP contribution in [0.3, 0.4) is 0 Å². The number of aliphatic carboxylic acids is 1. The van der Waals surface area contributed by atoms with Crippen LogP contribution in [0.4, 0.5) is 0 Å². The van der Waals surface area contributed by atoms with Gasteiger partial charge >= 0.3 is 5.97 Å². The van der Waals surface area contributed by atoms with Gasteiger partial charge in [-0.3, -0.25) is 14.6 Å². The molecule has 0 spiro atoms. The maximum absolute atomic E-state index is 11.8. The number of rotatable bonds is 4. The Morgan fingerprint density at radius 3 is 2.74 bits per heavy atom. The Balaban J connectivity index is 1.68. The Kier molecular flexibility index (Phi) is 4.77. The molecule has 0 aromatic carbocycles. The molecular weight excluding hydrogens is 318 g/mol. The van der Waals surface area contributed by atoms with Gasteiger partial charge in [0.2, 0.25) is 5.91 Å². The van der Waals surface area contributed by atoms with Crippen molar-refractivity contribution in [2.45, 2.75) is 30.4 Å². The molecule has 2 fully saturated rings. The number of fused-ring (bicyclic) bond motifs is 1. The van der Waals surface area contributed by atoms with Gasteiger partial charge in [0.25, 0.3) is 0 Å². The number of carboxylic acid groups (broad SMARTS) is 1. The molecule has 2 atom stereocenters. The van der Waals surface area contributed by atoms with Gasteiger partial charge in [0.05, 0.1) is 6.10 Å². The minimum atomic E-state index is -1.09. The van der Waals surface area contributed by atoms with Crippen LogP contribution < -0.4 is 5.73 Å². The molecule has 23 heavy (non-hydrogen) atoms. The van der Waals surface area contributed by atoms with E-state index in [1.165, 1.54) is 16.7 Å². The molecule has 0 aromatic heterocycles. The van der Waals surface area contributed by atoms with Gasteiger partial charge in [0.1, 0.15) is 17.1 Å². The normalized spacial score (nSPS) is 29.8. The van der Waals surface area contributed by atoms with Crippen LogP contribution in [-0.4, -0.2) is 74.8 Å². The Hall–Kier alpha value is -1.35. The number of nitrogens with two attached hydrogens (primary N) is 1. The molecule has 0 aliphatic carbocycles. The van der Waals surface area contributed by atoms with Crippen LogP contribution >= 0.6 is 11.8 Å². The molecule has 2 saturated heterocycles. The second-order valence-electron chi connectivity index (χ2n) is 6.05. The quantitative estimate of drug-likeness (QED) is 0.597. The number of aliphatic hydroxyl groups is 1. The van der Waals surface area contributed by atoms with Crippen molar-refractivity contribution in [1.82, 2.24) is 9.80 Å². The van der Waals surface area contributed by atoms with Crippen LogP contribution in [0, 0.1) is 0 Å². The van der Waals surface area contributed by atoms with E-state index >= 15 is 0 Å². The molecule has 126 valence electrons. The van der Waals surface area contributed by atoms with E-state index in [2.05, 4.69) is 4.90 Å². The van der Waals surface area contributed by atoms with Crippen LogP contribution in [0.15, 0.2) is 23.4 Å². The third-order valence-corrected chi connectivity index (χ3v) is 5.80. The molecule has 3 aliphatic heterocycles. The summed E-state index contributed by atoms with van der Waals surface area (Å²) in [5.41, 5.74) is 6.43. The maximum atomic E-state index is 11.8. The van der Waals surface area contributed by atoms with E-state index in [0.717, 1.165) is 25.9 Å². The molecular formula is C15H21N3O4S. The van der Waals surface area contributed by atoms with Gasteiger partial charge in [-0.2, -0.15) is 0 Å². The smallest absolute Gasteiger partial charge is 0.352 e. The molecule has 3 rings (SSSR count). The fourth-order valence-corrected chi connectivity index (χ4v) is 4.38. The standard InChI is InChI=1S/C15H21N3O4S/c16-11-13(20)18-12(15(21)22)9(8-23-14(11)18)2-1-5-17-6-3-10(19)4-7-17/h1-2,10-11,14,19H,3-8,16H2,(H,21,22)/b2-1+/t11-,14-/m1/s1. The average molecular weight is 339 g/mol. The highest BCUT2D eigenvalue weighted by molar-refractivity contribution is 8.00. The number of allylic oxidation sites excluding steroid dienone is 1. The van der Waals surface area contributed by atoms with Crippen molar-refractivity contribution in [1.29, 1.82) is 0 Å².